The van der Waals surface area contributed by atoms with Crippen LogP contribution >= 0.6 is 0 Å². The Kier molecular flexibility index (Phi) is 7.59. The lowest BCUT2D eigenvalue weighted by molar-refractivity contribution is -0.318. The Balaban J connectivity index is 2.30. The normalized spacial score (nSPS) is 26.9. The topological polar surface area (TPSA) is 71.1 Å². The van der Waals surface area contributed by atoms with Gasteiger partial charge in [0.1, 0.15) is 12.7 Å². The lowest BCUT2D eigenvalue weighted by Gasteiger charge is -2.34. The summed E-state index contributed by atoms with van der Waals surface area (Å²) in [6, 6.07) is 7.34. The number of ether oxygens (including phenoxy) is 4. The molecule has 162 valence electrons. The monoisotopic (exact) mass is 422 g/mol. The molecule has 1 fully saturated rings. The minimum atomic E-state index is -5.18. The third-order valence-corrected chi connectivity index (χ3v) is 4.32. The van der Waals surface area contributed by atoms with E-state index in [0.29, 0.717) is 12.8 Å². The molecule has 2 rings (SSSR count). The van der Waals surface area contributed by atoms with E-state index in [1.54, 1.807) is 13.0 Å². The molecule has 6 nitrogen and oxygen atoms in total. The van der Waals surface area contributed by atoms with Crippen LogP contribution in [0.15, 0.2) is 30.3 Å². The van der Waals surface area contributed by atoms with Gasteiger partial charge in [-0.05, 0) is 18.6 Å². The highest BCUT2D eigenvalue weighted by atomic mass is 19.4. The van der Waals surface area contributed by atoms with E-state index in [9.17, 15) is 27.2 Å². The van der Waals surface area contributed by atoms with Crippen molar-refractivity contribution in [3.8, 4) is 0 Å². The number of carbonyl (C=O) groups excluding carboxylic acids is 2. The first-order valence-electron chi connectivity index (χ1n) is 9.02. The van der Waals surface area contributed by atoms with Gasteiger partial charge < -0.3 is 18.9 Å². The van der Waals surface area contributed by atoms with E-state index in [1.807, 2.05) is 0 Å². The average Bonchev–Trinajstić information content (AvgIpc) is 2.93. The minimum Gasteiger partial charge on any atom is -0.459 e. The zero-order chi connectivity index (χ0) is 21.7. The van der Waals surface area contributed by atoms with Gasteiger partial charge in [0.05, 0.1) is 5.56 Å². The van der Waals surface area contributed by atoms with Crippen LogP contribution in [0.1, 0.15) is 37.0 Å². The van der Waals surface area contributed by atoms with Crippen molar-refractivity contribution in [1.29, 1.82) is 0 Å². The fourth-order valence-electron chi connectivity index (χ4n) is 2.83. The molecule has 1 heterocycles. The van der Waals surface area contributed by atoms with Crippen LogP contribution in [0.3, 0.4) is 0 Å². The molecule has 10 heteroatoms. The smallest absolute Gasteiger partial charge is 0.423 e. The molecular weight excluding hydrogens is 400 g/mol. The fraction of sp³-hybridized carbons (Fsp3) is 0.579. The zero-order valence-corrected chi connectivity index (χ0v) is 15.9. The van der Waals surface area contributed by atoms with Gasteiger partial charge in [0, 0.05) is 13.5 Å². The molecule has 1 aliphatic heterocycles. The van der Waals surface area contributed by atoms with Gasteiger partial charge in [-0.25, -0.2) is 9.18 Å². The zero-order valence-electron chi connectivity index (χ0n) is 15.9. The molecule has 0 bridgehead atoms. The summed E-state index contributed by atoms with van der Waals surface area (Å²) in [6.45, 7) is 1.15. The quantitative estimate of drug-likeness (QED) is 0.362. The lowest BCUT2D eigenvalue weighted by Crippen LogP contribution is -2.58. The van der Waals surface area contributed by atoms with Gasteiger partial charge in [-0.3, -0.25) is 4.79 Å². The van der Waals surface area contributed by atoms with E-state index in [1.165, 1.54) is 24.3 Å². The van der Waals surface area contributed by atoms with Crippen molar-refractivity contribution < 1.29 is 46.1 Å². The van der Waals surface area contributed by atoms with Crippen molar-refractivity contribution in [3.63, 3.8) is 0 Å². The number of unbranched alkanes of at least 4 members (excludes halogenated alkanes) is 1. The highest BCUT2D eigenvalue weighted by Gasteiger charge is 2.72. The van der Waals surface area contributed by atoms with Crippen molar-refractivity contribution in [2.45, 2.75) is 57.0 Å². The second-order valence-electron chi connectivity index (χ2n) is 6.51. The summed E-state index contributed by atoms with van der Waals surface area (Å²) in [5.41, 5.74) is -3.32. The first-order valence-corrected chi connectivity index (χ1v) is 9.02. The molecule has 1 saturated heterocycles. The Morgan fingerprint density at radius 3 is 2.41 bits per heavy atom. The van der Waals surface area contributed by atoms with Crippen LogP contribution in [0.2, 0.25) is 0 Å². The van der Waals surface area contributed by atoms with Gasteiger partial charge in [-0.15, -0.1) is 0 Å². The summed E-state index contributed by atoms with van der Waals surface area (Å²) >= 11 is 0. The molecule has 29 heavy (non-hydrogen) atoms. The molecule has 0 spiro atoms. The molecule has 0 N–H and O–H groups in total. The van der Waals surface area contributed by atoms with Crippen LogP contribution in [0.4, 0.5) is 17.6 Å². The predicted octanol–water partition coefficient (Wildman–Crippen LogP) is 3.59. The second-order valence-corrected chi connectivity index (χ2v) is 6.51. The largest absolute Gasteiger partial charge is 0.459 e. The minimum absolute atomic E-state index is 0.0135. The molecule has 0 radical (unpaired) electrons. The molecule has 1 aromatic carbocycles. The number of alkyl halides is 4. The number of benzene rings is 1. The molecule has 4 atom stereocenters. The van der Waals surface area contributed by atoms with Crippen molar-refractivity contribution in [2.24, 2.45) is 0 Å². The van der Waals surface area contributed by atoms with Gasteiger partial charge in [0.2, 0.25) is 11.9 Å². The maximum Gasteiger partial charge on any atom is 0.423 e. The molecule has 1 aliphatic rings. The Bertz CT molecular complexity index is 696. The fourth-order valence-corrected chi connectivity index (χ4v) is 2.83. The van der Waals surface area contributed by atoms with Crippen LogP contribution in [0, 0.1) is 0 Å². The van der Waals surface area contributed by atoms with E-state index < -0.39 is 48.9 Å². The van der Waals surface area contributed by atoms with E-state index in [-0.39, 0.29) is 12.2 Å². The van der Waals surface area contributed by atoms with E-state index in [0.717, 1.165) is 6.92 Å². The highest BCUT2D eigenvalue weighted by molar-refractivity contribution is 5.89. The van der Waals surface area contributed by atoms with Crippen molar-refractivity contribution in [3.05, 3.63) is 35.9 Å². The van der Waals surface area contributed by atoms with Gasteiger partial charge >= 0.3 is 18.1 Å². The SMILES string of the molecule is CCCCO[C@H]1[C@@H](F)C(OC(C)=O)O[C@@]1(COC(=O)c1ccccc1)C(F)(F)F. The van der Waals surface area contributed by atoms with E-state index in [4.69, 9.17) is 14.2 Å². The van der Waals surface area contributed by atoms with Gasteiger partial charge in [0.15, 0.2) is 6.17 Å². The van der Waals surface area contributed by atoms with Gasteiger partial charge in [-0.1, -0.05) is 31.5 Å². The molecule has 1 unspecified atom stereocenters. The number of rotatable bonds is 8. The third-order valence-electron chi connectivity index (χ3n) is 4.32. The van der Waals surface area contributed by atoms with Gasteiger partial charge in [-0.2, -0.15) is 13.2 Å². The van der Waals surface area contributed by atoms with Crippen LogP contribution in [0.5, 0.6) is 0 Å². The molecule has 0 aromatic heterocycles. The van der Waals surface area contributed by atoms with E-state index in [2.05, 4.69) is 4.74 Å². The second kappa shape index (κ2) is 9.53. The Hall–Kier alpha value is -2.20. The number of hydrogen-bond acceptors (Lipinski definition) is 6. The summed E-state index contributed by atoms with van der Waals surface area (Å²) in [5, 5.41) is 0. The van der Waals surface area contributed by atoms with Crippen molar-refractivity contribution in [2.75, 3.05) is 13.2 Å². The average molecular weight is 422 g/mol. The summed E-state index contributed by atoms with van der Waals surface area (Å²) < 4.78 is 76.1. The van der Waals surface area contributed by atoms with Crippen LogP contribution in [-0.4, -0.2) is 55.5 Å². The van der Waals surface area contributed by atoms with Gasteiger partial charge in [0.25, 0.3) is 0 Å². The number of halogens is 4. The van der Waals surface area contributed by atoms with Crippen molar-refractivity contribution >= 4 is 11.9 Å². The molecule has 1 aromatic rings. The summed E-state index contributed by atoms with van der Waals surface area (Å²) in [7, 11) is 0. The van der Waals surface area contributed by atoms with E-state index >= 15 is 0 Å². The number of hydrogen-bond donors (Lipinski definition) is 0. The van der Waals surface area contributed by atoms with Crippen molar-refractivity contribution in [1.82, 2.24) is 0 Å². The first-order chi connectivity index (χ1) is 13.6. The van der Waals surface area contributed by atoms with Crippen LogP contribution in [0.25, 0.3) is 0 Å². The summed E-state index contributed by atoms with van der Waals surface area (Å²) in [6.07, 6.45) is -11.0. The summed E-state index contributed by atoms with van der Waals surface area (Å²) in [5.74, 6) is -2.07. The number of esters is 2. The maximum absolute atomic E-state index is 14.7. The predicted molar refractivity (Wildman–Crippen MR) is 91.7 cm³/mol. The van der Waals surface area contributed by atoms with Crippen LogP contribution in [-0.2, 0) is 23.7 Å². The molecule has 0 aliphatic carbocycles. The standard InChI is InChI=1S/C19H22F4O6/c1-3-4-10-26-15-14(20)17(28-12(2)24)29-18(15,19(21,22)23)11-27-16(25)13-8-6-5-7-9-13/h5-9,14-15,17H,3-4,10-11H2,1-2H3/t14-,15+,17?,18-/m1/s1. The Labute approximate surface area is 165 Å². The lowest BCUT2D eigenvalue weighted by atomic mass is 9.95. The molecule has 0 saturated carbocycles. The van der Waals surface area contributed by atoms with Crippen LogP contribution < -0.4 is 0 Å². The first kappa shape index (κ1) is 23.1. The highest BCUT2D eigenvalue weighted by Crippen LogP contribution is 2.47. The number of carbonyl (C=O) groups is 2. The molecular formula is C19H22F4O6. The Morgan fingerprint density at radius 1 is 1.21 bits per heavy atom. The Morgan fingerprint density at radius 2 is 1.86 bits per heavy atom. The molecule has 0 amide bonds. The maximum atomic E-state index is 14.7. The summed E-state index contributed by atoms with van der Waals surface area (Å²) in [4.78, 5) is 23.3. The third kappa shape index (κ3) is 5.24.